The molecule has 8 nitrogen and oxygen atoms in total. The van der Waals surface area contributed by atoms with Crippen molar-refractivity contribution in [3.63, 3.8) is 0 Å². The van der Waals surface area contributed by atoms with Crippen LogP contribution in [-0.2, 0) is 0 Å². The number of aryl methyl sites for hydroxylation is 2. The summed E-state index contributed by atoms with van der Waals surface area (Å²) in [5.74, 6) is -0.684. The van der Waals surface area contributed by atoms with Crippen molar-refractivity contribution in [3.8, 4) is 0 Å². The third-order valence-electron chi connectivity index (χ3n) is 9.12. The number of hydrogen-bond donors (Lipinski definition) is 0. The topological polar surface area (TPSA) is 74.8 Å². The second-order valence-corrected chi connectivity index (χ2v) is 15.2. The Morgan fingerprint density at radius 2 is 0.978 bits per heavy atom. The minimum Gasteiger partial charge on any atom is -1.00 e. The van der Waals surface area contributed by atoms with E-state index in [2.05, 4.69) is 42.0 Å². The molecule has 0 spiro atoms. The number of unbranched alkanes of at least 4 members (excludes halogenated alkanes) is 3. The number of nitrogens with zero attached hydrogens (tertiary/aromatic N) is 4. The fourth-order valence-corrected chi connectivity index (χ4v) is 7.07. The van der Waals surface area contributed by atoms with Crippen LogP contribution < -0.4 is 34.0 Å². The van der Waals surface area contributed by atoms with Crippen molar-refractivity contribution in [1.82, 2.24) is 9.80 Å². The second-order valence-electron chi connectivity index (χ2n) is 15.2. The number of carbonyl (C=O) groups excluding carboxylic acids is 4. The monoisotopic (exact) mass is 762 g/mol. The Labute approximate surface area is 296 Å². The minimum absolute atomic E-state index is 0. The molecule has 254 valence electrons. The highest BCUT2D eigenvalue weighted by atomic mass is 79.9. The predicted molar refractivity (Wildman–Crippen MR) is 174 cm³/mol. The van der Waals surface area contributed by atoms with Gasteiger partial charge in [-0.05, 0) is 63.8 Å². The molecule has 2 aromatic rings. The van der Waals surface area contributed by atoms with E-state index >= 15 is 0 Å². The average Bonchev–Trinajstić information content (AvgIpc) is 3.29. The van der Waals surface area contributed by atoms with Crippen molar-refractivity contribution < 1.29 is 62.1 Å². The molecule has 0 fully saturated rings. The number of halogens is 2. The summed E-state index contributed by atoms with van der Waals surface area (Å²) < 4.78 is 1.71. The molecule has 0 saturated heterocycles. The Bertz CT molecular complexity index is 1450. The molecule has 0 radical (unpaired) electrons. The van der Waals surface area contributed by atoms with Crippen molar-refractivity contribution >= 4 is 23.6 Å². The smallest absolute Gasteiger partial charge is 0.261 e. The van der Waals surface area contributed by atoms with Crippen molar-refractivity contribution in [2.75, 3.05) is 67.5 Å². The molecular formula is C36H52Br2N4O4. The maximum Gasteiger partial charge on any atom is 0.261 e. The molecule has 10 heteroatoms. The maximum absolute atomic E-state index is 13.0. The van der Waals surface area contributed by atoms with E-state index in [-0.39, 0.29) is 63.0 Å². The number of rotatable bonds is 15. The van der Waals surface area contributed by atoms with E-state index in [9.17, 15) is 19.2 Å². The lowest BCUT2D eigenvalue weighted by Gasteiger charge is -2.39. The van der Waals surface area contributed by atoms with Gasteiger partial charge in [0.25, 0.3) is 23.6 Å². The number of benzene rings is 2. The molecule has 4 rings (SSSR count). The van der Waals surface area contributed by atoms with E-state index < -0.39 is 0 Å². The molecule has 4 amide bonds. The molecule has 2 heterocycles. The number of carbonyl (C=O) groups is 4. The fraction of sp³-hybridized carbons (Fsp3) is 0.556. The largest absolute Gasteiger partial charge is 1.00 e. The van der Waals surface area contributed by atoms with Gasteiger partial charge >= 0.3 is 0 Å². The molecule has 0 atom stereocenters. The summed E-state index contributed by atoms with van der Waals surface area (Å²) in [7, 11) is 8.93. The van der Waals surface area contributed by atoms with Gasteiger partial charge in [0.2, 0.25) is 0 Å². The molecule has 0 aromatic heterocycles. The van der Waals surface area contributed by atoms with Gasteiger partial charge < -0.3 is 42.9 Å². The molecule has 0 aliphatic carbocycles. The molecule has 2 aliphatic heterocycles. The van der Waals surface area contributed by atoms with Crippen LogP contribution in [0.25, 0.3) is 0 Å². The van der Waals surface area contributed by atoms with Crippen molar-refractivity contribution in [2.24, 2.45) is 5.41 Å². The lowest BCUT2D eigenvalue weighted by molar-refractivity contribution is -0.896. The first-order chi connectivity index (χ1) is 20.5. The SMILES string of the molecule is Cc1ccc2c(c1)C(=O)N(CCC[N+](C)(C)CCCCCC[N+](C)(C)CC(C)(C)CN1C(=O)c3ccc(C)cc3C1=O)C2=O.[Br-].[Br-]. The van der Waals surface area contributed by atoms with Crippen LogP contribution >= 0.6 is 0 Å². The molecule has 2 aliphatic rings. The summed E-state index contributed by atoms with van der Waals surface area (Å²) in [6.45, 7) is 12.9. The van der Waals surface area contributed by atoms with E-state index in [1.807, 2.05) is 38.1 Å². The van der Waals surface area contributed by atoms with Gasteiger partial charge in [0.05, 0.1) is 76.6 Å². The first kappa shape index (κ1) is 39.8. The summed E-state index contributed by atoms with van der Waals surface area (Å²) in [6, 6.07) is 11.0. The highest BCUT2D eigenvalue weighted by Crippen LogP contribution is 2.29. The molecular weight excluding hydrogens is 712 g/mol. The van der Waals surface area contributed by atoms with Crippen LogP contribution in [0, 0.1) is 19.3 Å². The van der Waals surface area contributed by atoms with Gasteiger partial charge in [-0.1, -0.05) is 37.1 Å². The van der Waals surface area contributed by atoms with Crippen LogP contribution in [0.5, 0.6) is 0 Å². The zero-order chi connectivity index (χ0) is 32.4. The summed E-state index contributed by atoms with van der Waals surface area (Å²) in [6.07, 6.45) is 5.38. The summed E-state index contributed by atoms with van der Waals surface area (Å²) >= 11 is 0. The van der Waals surface area contributed by atoms with Crippen LogP contribution in [0.4, 0.5) is 0 Å². The van der Waals surface area contributed by atoms with Gasteiger partial charge in [-0.15, -0.1) is 0 Å². The van der Waals surface area contributed by atoms with Crippen molar-refractivity contribution in [1.29, 1.82) is 0 Å². The maximum atomic E-state index is 13.0. The van der Waals surface area contributed by atoms with Crippen LogP contribution in [-0.4, -0.2) is 110 Å². The standard InChI is InChI=1S/C36H52N4O4.2BrH/c1-26-14-16-28-30(22-26)34(43)37(32(28)41)18-13-21-39(5,6)19-11-9-10-12-20-40(7,8)25-36(3,4)24-38-33(42)29-17-15-27(2)23-31(29)35(38)44;;/h14-17,22-23H,9-13,18-21,24-25H2,1-8H3;2*1H/q+2;;/p-2. The van der Waals surface area contributed by atoms with E-state index in [0.717, 1.165) is 78.4 Å². The molecule has 0 bridgehead atoms. The van der Waals surface area contributed by atoms with Crippen molar-refractivity contribution in [2.45, 2.75) is 59.8 Å². The normalized spacial score (nSPS) is 14.8. The molecule has 46 heavy (non-hydrogen) atoms. The Kier molecular flexibility index (Phi) is 13.5. The Morgan fingerprint density at radius 3 is 1.50 bits per heavy atom. The van der Waals surface area contributed by atoms with E-state index in [1.54, 1.807) is 12.1 Å². The van der Waals surface area contributed by atoms with Gasteiger partial charge in [-0.3, -0.25) is 29.0 Å². The summed E-state index contributed by atoms with van der Waals surface area (Å²) in [5, 5.41) is 0. The Balaban J connectivity index is 0.00000368. The predicted octanol–water partition coefficient (Wildman–Crippen LogP) is -0.667. The zero-order valence-electron chi connectivity index (χ0n) is 28.9. The van der Waals surface area contributed by atoms with E-state index in [0.29, 0.717) is 35.3 Å². The van der Waals surface area contributed by atoms with Crippen LogP contribution in [0.1, 0.15) is 98.5 Å². The average molecular weight is 765 g/mol. The van der Waals surface area contributed by atoms with Gasteiger partial charge in [-0.25, -0.2) is 0 Å². The number of quaternary nitrogens is 2. The van der Waals surface area contributed by atoms with E-state index in [4.69, 9.17) is 0 Å². The first-order valence-corrected chi connectivity index (χ1v) is 16.1. The highest BCUT2D eigenvalue weighted by molar-refractivity contribution is 6.22. The third kappa shape index (κ3) is 9.58. The Hall–Kier alpha value is -2.40. The number of amides is 4. The van der Waals surface area contributed by atoms with Gasteiger partial charge in [0.15, 0.2) is 0 Å². The summed E-state index contributed by atoms with van der Waals surface area (Å²) in [4.78, 5) is 54.3. The highest BCUT2D eigenvalue weighted by Gasteiger charge is 2.40. The fourth-order valence-electron chi connectivity index (χ4n) is 7.07. The first-order valence-electron chi connectivity index (χ1n) is 16.1. The van der Waals surface area contributed by atoms with Gasteiger partial charge in [0.1, 0.15) is 0 Å². The van der Waals surface area contributed by atoms with Crippen LogP contribution in [0.3, 0.4) is 0 Å². The zero-order valence-corrected chi connectivity index (χ0v) is 32.1. The van der Waals surface area contributed by atoms with Crippen molar-refractivity contribution in [3.05, 3.63) is 69.8 Å². The molecule has 0 N–H and O–H groups in total. The lowest BCUT2D eigenvalue weighted by atomic mass is 9.91. The van der Waals surface area contributed by atoms with Gasteiger partial charge in [-0.2, -0.15) is 0 Å². The number of hydrogen-bond acceptors (Lipinski definition) is 4. The van der Waals surface area contributed by atoms with Crippen LogP contribution in [0.2, 0.25) is 0 Å². The Morgan fingerprint density at radius 1 is 0.565 bits per heavy atom. The third-order valence-corrected chi connectivity index (χ3v) is 9.12. The van der Waals surface area contributed by atoms with Gasteiger partial charge in [0, 0.05) is 24.9 Å². The van der Waals surface area contributed by atoms with Crippen LogP contribution in [0.15, 0.2) is 36.4 Å². The molecule has 0 unspecified atom stereocenters. The summed E-state index contributed by atoms with van der Waals surface area (Å²) in [5.41, 5.74) is 3.87. The second kappa shape index (κ2) is 15.7. The number of imide groups is 2. The number of fused-ring (bicyclic) bond motifs is 2. The molecule has 2 aromatic carbocycles. The van der Waals surface area contributed by atoms with E-state index in [1.165, 1.54) is 9.80 Å². The minimum atomic E-state index is -0.209. The molecule has 0 saturated carbocycles. The lowest BCUT2D eigenvalue weighted by Crippen LogP contribution is -3.00. The quantitative estimate of drug-likeness (QED) is 0.137.